The lowest BCUT2D eigenvalue weighted by Crippen LogP contribution is -1.93. The summed E-state index contributed by atoms with van der Waals surface area (Å²) in [6.07, 6.45) is 9.03. The third-order valence-corrected chi connectivity index (χ3v) is 3.27. The number of anilines is 1. The lowest BCUT2D eigenvalue weighted by molar-refractivity contribution is 1.50. The SMILES string of the molecule is C\C=C/C(/C=C\C=N)=C(/c1ccccc1)c1ccc(N)cc1. The summed E-state index contributed by atoms with van der Waals surface area (Å²) < 4.78 is 0. The van der Waals surface area contributed by atoms with Crippen molar-refractivity contribution >= 4 is 17.5 Å². The van der Waals surface area contributed by atoms with E-state index in [2.05, 4.69) is 18.2 Å². The summed E-state index contributed by atoms with van der Waals surface area (Å²) in [6, 6.07) is 18.1. The van der Waals surface area contributed by atoms with Gasteiger partial charge in [0.2, 0.25) is 0 Å². The number of benzene rings is 2. The number of hydrogen-bond acceptors (Lipinski definition) is 2. The molecular weight excluding hydrogens is 268 g/mol. The van der Waals surface area contributed by atoms with Crippen LogP contribution in [0.15, 0.2) is 84.5 Å². The van der Waals surface area contributed by atoms with Crippen LogP contribution < -0.4 is 5.73 Å². The van der Waals surface area contributed by atoms with Gasteiger partial charge in [-0.25, -0.2) is 0 Å². The second kappa shape index (κ2) is 7.79. The van der Waals surface area contributed by atoms with Crippen molar-refractivity contribution in [2.75, 3.05) is 5.73 Å². The van der Waals surface area contributed by atoms with Crippen molar-refractivity contribution in [2.24, 2.45) is 0 Å². The van der Waals surface area contributed by atoms with E-state index < -0.39 is 0 Å². The van der Waals surface area contributed by atoms with Crippen LogP contribution in [-0.4, -0.2) is 6.21 Å². The largest absolute Gasteiger partial charge is 0.399 e. The third kappa shape index (κ3) is 3.83. The van der Waals surface area contributed by atoms with Crippen LogP contribution in [0.3, 0.4) is 0 Å². The van der Waals surface area contributed by atoms with Crippen molar-refractivity contribution < 1.29 is 0 Å². The molecule has 0 amide bonds. The van der Waals surface area contributed by atoms with Crippen LogP contribution in [0.25, 0.3) is 5.57 Å². The van der Waals surface area contributed by atoms with Gasteiger partial charge < -0.3 is 11.1 Å². The summed E-state index contributed by atoms with van der Waals surface area (Å²) in [5.74, 6) is 0. The van der Waals surface area contributed by atoms with Crippen molar-refractivity contribution in [1.82, 2.24) is 0 Å². The first-order chi connectivity index (χ1) is 10.8. The van der Waals surface area contributed by atoms with Crippen LogP contribution in [0.2, 0.25) is 0 Å². The predicted octanol–water partition coefficient (Wildman–Crippen LogP) is 4.85. The third-order valence-electron chi connectivity index (χ3n) is 3.27. The Kier molecular flexibility index (Phi) is 5.50. The first kappa shape index (κ1) is 15.5. The van der Waals surface area contributed by atoms with Crippen molar-refractivity contribution in [3.8, 4) is 0 Å². The summed E-state index contributed by atoms with van der Waals surface area (Å²) in [5.41, 5.74) is 11.0. The predicted molar refractivity (Wildman–Crippen MR) is 96.1 cm³/mol. The van der Waals surface area contributed by atoms with Gasteiger partial charge >= 0.3 is 0 Å². The van der Waals surface area contributed by atoms with E-state index in [-0.39, 0.29) is 0 Å². The van der Waals surface area contributed by atoms with Crippen LogP contribution in [0.4, 0.5) is 5.69 Å². The minimum atomic E-state index is 0.749. The fourth-order valence-corrected chi connectivity index (χ4v) is 2.31. The Labute approximate surface area is 131 Å². The summed E-state index contributed by atoms with van der Waals surface area (Å²) >= 11 is 0. The van der Waals surface area contributed by atoms with Gasteiger partial charge in [-0.15, -0.1) is 0 Å². The maximum atomic E-state index is 7.23. The Morgan fingerprint density at radius 3 is 2.14 bits per heavy atom. The summed E-state index contributed by atoms with van der Waals surface area (Å²) in [4.78, 5) is 0. The Bertz CT molecular complexity index is 705. The second-order valence-electron chi connectivity index (χ2n) is 4.84. The molecule has 2 rings (SSSR count). The Hall–Kier alpha value is -2.87. The molecular formula is C20H20N2. The van der Waals surface area contributed by atoms with E-state index in [9.17, 15) is 0 Å². The first-order valence-corrected chi connectivity index (χ1v) is 7.21. The van der Waals surface area contributed by atoms with Gasteiger partial charge in [0.1, 0.15) is 0 Å². The number of nitrogens with one attached hydrogen (secondary N) is 1. The fourth-order valence-electron chi connectivity index (χ4n) is 2.31. The zero-order chi connectivity index (χ0) is 15.8. The molecule has 2 nitrogen and oxygen atoms in total. The molecule has 22 heavy (non-hydrogen) atoms. The van der Waals surface area contributed by atoms with Gasteiger partial charge in [-0.05, 0) is 47.4 Å². The lowest BCUT2D eigenvalue weighted by Gasteiger charge is -2.12. The van der Waals surface area contributed by atoms with Crippen molar-refractivity contribution in [3.63, 3.8) is 0 Å². The number of nitrogen functional groups attached to an aromatic ring is 1. The van der Waals surface area contributed by atoms with Crippen LogP contribution in [0, 0.1) is 5.41 Å². The van der Waals surface area contributed by atoms with Crippen LogP contribution in [0.5, 0.6) is 0 Å². The van der Waals surface area contributed by atoms with E-state index in [1.165, 1.54) is 6.21 Å². The molecule has 0 fully saturated rings. The molecule has 3 N–H and O–H groups in total. The molecule has 0 aliphatic heterocycles. The molecule has 0 aliphatic carbocycles. The quantitative estimate of drug-likeness (QED) is 0.461. The Morgan fingerprint density at radius 2 is 1.55 bits per heavy atom. The molecule has 2 heteroatoms. The first-order valence-electron chi connectivity index (χ1n) is 7.21. The average molecular weight is 288 g/mol. The molecule has 0 atom stereocenters. The molecule has 0 bridgehead atoms. The number of allylic oxidation sites excluding steroid dienone is 5. The van der Waals surface area contributed by atoms with Gasteiger partial charge in [-0.1, -0.05) is 60.7 Å². The Balaban J connectivity index is 2.70. The van der Waals surface area contributed by atoms with Gasteiger partial charge in [0.15, 0.2) is 0 Å². The van der Waals surface area contributed by atoms with E-state index in [1.807, 2.05) is 61.5 Å². The standard InChI is InChI=1S/C20H20N2/c1-2-7-16(10-6-15-21)20(17-8-4-3-5-9-17)18-11-13-19(22)14-12-18/h2-15,21H,22H2,1H3/b7-2-,10-6-,20-16+,21-15?. The maximum absolute atomic E-state index is 7.23. The highest BCUT2D eigenvalue weighted by molar-refractivity contribution is 5.86. The smallest absolute Gasteiger partial charge is 0.0314 e. The maximum Gasteiger partial charge on any atom is 0.0314 e. The van der Waals surface area contributed by atoms with Crippen LogP contribution in [-0.2, 0) is 0 Å². The highest BCUT2D eigenvalue weighted by Gasteiger charge is 2.08. The molecule has 2 aromatic rings. The van der Waals surface area contributed by atoms with Gasteiger partial charge in [0.05, 0.1) is 0 Å². The van der Waals surface area contributed by atoms with E-state index in [1.54, 1.807) is 6.08 Å². The monoisotopic (exact) mass is 288 g/mol. The van der Waals surface area contributed by atoms with Crippen molar-refractivity contribution in [3.05, 3.63) is 95.6 Å². The lowest BCUT2D eigenvalue weighted by atomic mass is 9.92. The van der Waals surface area contributed by atoms with E-state index in [4.69, 9.17) is 11.1 Å². The molecule has 2 aromatic carbocycles. The molecule has 0 saturated heterocycles. The molecule has 0 aliphatic rings. The molecule has 0 saturated carbocycles. The fraction of sp³-hybridized carbons (Fsp3) is 0.0500. The zero-order valence-corrected chi connectivity index (χ0v) is 12.7. The van der Waals surface area contributed by atoms with E-state index in [0.717, 1.165) is 28.0 Å². The molecule has 0 unspecified atom stereocenters. The Morgan fingerprint density at radius 1 is 0.909 bits per heavy atom. The highest BCUT2D eigenvalue weighted by Crippen LogP contribution is 2.29. The molecule has 0 spiro atoms. The normalized spacial score (nSPS) is 12.6. The molecule has 0 radical (unpaired) electrons. The minimum Gasteiger partial charge on any atom is -0.399 e. The summed E-state index contributed by atoms with van der Waals surface area (Å²) in [5, 5.41) is 7.23. The molecule has 110 valence electrons. The number of hydrogen-bond donors (Lipinski definition) is 2. The van der Waals surface area contributed by atoms with E-state index >= 15 is 0 Å². The molecule has 0 heterocycles. The minimum absolute atomic E-state index is 0.749. The zero-order valence-electron chi connectivity index (χ0n) is 12.7. The van der Waals surface area contributed by atoms with Crippen molar-refractivity contribution in [1.29, 1.82) is 5.41 Å². The topological polar surface area (TPSA) is 49.9 Å². The van der Waals surface area contributed by atoms with Gasteiger partial charge in [-0.2, -0.15) is 0 Å². The second-order valence-corrected chi connectivity index (χ2v) is 4.84. The van der Waals surface area contributed by atoms with E-state index in [0.29, 0.717) is 0 Å². The van der Waals surface area contributed by atoms with Crippen molar-refractivity contribution in [2.45, 2.75) is 6.92 Å². The molecule has 0 aromatic heterocycles. The van der Waals surface area contributed by atoms with Crippen LogP contribution >= 0.6 is 0 Å². The highest BCUT2D eigenvalue weighted by atomic mass is 14.5. The number of rotatable bonds is 5. The van der Waals surface area contributed by atoms with Gasteiger partial charge in [0.25, 0.3) is 0 Å². The van der Waals surface area contributed by atoms with Crippen LogP contribution in [0.1, 0.15) is 18.1 Å². The number of nitrogens with two attached hydrogens (primary N) is 1. The summed E-state index contributed by atoms with van der Waals surface area (Å²) in [7, 11) is 0. The van der Waals surface area contributed by atoms with Gasteiger partial charge in [-0.3, -0.25) is 0 Å². The van der Waals surface area contributed by atoms with Gasteiger partial charge in [0, 0.05) is 11.9 Å². The summed E-state index contributed by atoms with van der Waals surface area (Å²) in [6.45, 7) is 1.99. The average Bonchev–Trinajstić information content (AvgIpc) is 2.55.